The minimum absolute atomic E-state index is 0.286. The number of hydrogen-bond acceptors (Lipinski definition) is 4. The smallest absolute Gasteiger partial charge is 0.410 e. The molecule has 3 rings (SSSR count). The Balaban J connectivity index is 1.51. The zero-order valence-electron chi connectivity index (χ0n) is 16.0. The van der Waals surface area contributed by atoms with Gasteiger partial charge in [-0.15, -0.1) is 0 Å². The summed E-state index contributed by atoms with van der Waals surface area (Å²) in [6.45, 7) is 7.39. The molecule has 0 radical (unpaired) electrons. The normalized spacial score (nSPS) is 14.6. The molecule has 1 aliphatic heterocycles. The molecule has 0 aliphatic carbocycles. The summed E-state index contributed by atoms with van der Waals surface area (Å²) in [6.07, 6.45) is -0.294. The molecule has 0 bridgehead atoms. The number of nitrogens with zero attached hydrogens (tertiary/aromatic N) is 1. The lowest BCUT2D eigenvalue weighted by Crippen LogP contribution is -2.53. The van der Waals surface area contributed by atoms with Crippen molar-refractivity contribution in [1.29, 1.82) is 0 Å². The van der Waals surface area contributed by atoms with Crippen molar-refractivity contribution in [2.75, 3.05) is 30.7 Å². The predicted octanol–water partition coefficient (Wildman–Crippen LogP) is 4.35. The molecule has 5 nitrogen and oxygen atoms in total. The topological polar surface area (TPSA) is 67.6 Å². The van der Waals surface area contributed by atoms with E-state index in [1.54, 1.807) is 23.1 Å². The van der Waals surface area contributed by atoms with Crippen LogP contribution in [0.2, 0.25) is 0 Å². The zero-order valence-corrected chi connectivity index (χ0v) is 16.0. The highest BCUT2D eigenvalue weighted by Crippen LogP contribution is 2.26. The summed E-state index contributed by atoms with van der Waals surface area (Å²) in [5.74, 6) is -0.0126. The van der Waals surface area contributed by atoms with Crippen molar-refractivity contribution in [3.8, 4) is 11.1 Å². The molecule has 6 heteroatoms. The second-order valence-electron chi connectivity index (χ2n) is 7.95. The van der Waals surface area contributed by atoms with E-state index in [0.717, 1.165) is 11.1 Å². The molecule has 1 amide bonds. The van der Waals surface area contributed by atoms with Crippen LogP contribution in [0.5, 0.6) is 0 Å². The van der Waals surface area contributed by atoms with E-state index in [1.165, 1.54) is 6.07 Å². The van der Waals surface area contributed by atoms with Gasteiger partial charge in [-0.05, 0) is 56.2 Å². The number of rotatable bonds is 4. The van der Waals surface area contributed by atoms with Crippen molar-refractivity contribution >= 4 is 17.5 Å². The van der Waals surface area contributed by atoms with Crippen LogP contribution in [0.15, 0.2) is 42.5 Å². The molecule has 27 heavy (non-hydrogen) atoms. The molecular formula is C21H26FN3O2. The fraction of sp³-hybridized carbons (Fsp3) is 0.381. The highest BCUT2D eigenvalue weighted by Gasteiger charge is 2.33. The van der Waals surface area contributed by atoms with Crippen LogP contribution in [0.3, 0.4) is 0 Å². The largest absolute Gasteiger partial charge is 0.444 e. The van der Waals surface area contributed by atoms with Gasteiger partial charge in [0.25, 0.3) is 0 Å². The fourth-order valence-corrected chi connectivity index (χ4v) is 2.94. The van der Waals surface area contributed by atoms with E-state index >= 15 is 0 Å². The van der Waals surface area contributed by atoms with Gasteiger partial charge < -0.3 is 20.7 Å². The van der Waals surface area contributed by atoms with Gasteiger partial charge in [-0.25, -0.2) is 9.18 Å². The number of nitrogen functional groups attached to an aromatic ring is 1. The van der Waals surface area contributed by atoms with Crippen molar-refractivity contribution in [3.05, 3.63) is 48.3 Å². The summed E-state index contributed by atoms with van der Waals surface area (Å²) in [7, 11) is 0. The van der Waals surface area contributed by atoms with E-state index < -0.39 is 5.60 Å². The van der Waals surface area contributed by atoms with Gasteiger partial charge >= 0.3 is 6.09 Å². The minimum Gasteiger partial charge on any atom is -0.444 e. The standard InChI is InChI=1S/C21H26FN3O2/c1-21(2,3)27-20(26)25-12-14(13-25)11-24-19-9-6-16(10-18(19)22)15-4-7-17(23)8-5-15/h4-10,14,24H,11-13,23H2,1-3H3. The van der Waals surface area contributed by atoms with Gasteiger partial charge in [0.1, 0.15) is 11.4 Å². The van der Waals surface area contributed by atoms with Crippen molar-refractivity contribution < 1.29 is 13.9 Å². The second-order valence-corrected chi connectivity index (χ2v) is 7.95. The van der Waals surface area contributed by atoms with Crippen LogP contribution in [0.4, 0.5) is 20.6 Å². The Morgan fingerprint density at radius 1 is 1.19 bits per heavy atom. The minimum atomic E-state index is -0.490. The highest BCUT2D eigenvalue weighted by atomic mass is 19.1. The van der Waals surface area contributed by atoms with Gasteiger partial charge in [0.05, 0.1) is 5.69 Å². The van der Waals surface area contributed by atoms with Gasteiger partial charge in [-0.3, -0.25) is 0 Å². The van der Waals surface area contributed by atoms with Gasteiger partial charge in [0.15, 0.2) is 0 Å². The van der Waals surface area contributed by atoms with Crippen molar-refractivity contribution in [2.45, 2.75) is 26.4 Å². The zero-order chi connectivity index (χ0) is 19.6. The Morgan fingerprint density at radius 2 is 1.81 bits per heavy atom. The number of halogens is 1. The van der Waals surface area contributed by atoms with E-state index in [1.807, 2.05) is 39.0 Å². The number of benzene rings is 2. The molecule has 0 aromatic heterocycles. The Kier molecular flexibility index (Phi) is 5.26. The molecular weight excluding hydrogens is 345 g/mol. The number of carbonyl (C=O) groups is 1. The third kappa shape index (κ3) is 4.90. The third-order valence-corrected chi connectivity index (χ3v) is 4.40. The second kappa shape index (κ2) is 7.47. The number of likely N-dealkylation sites (tertiary alicyclic amines) is 1. The summed E-state index contributed by atoms with van der Waals surface area (Å²) in [5.41, 5.74) is 8.06. The molecule has 0 saturated carbocycles. The van der Waals surface area contributed by atoms with Gasteiger partial charge in [-0.2, -0.15) is 0 Å². The molecule has 3 N–H and O–H groups in total. The molecule has 144 valence electrons. The third-order valence-electron chi connectivity index (χ3n) is 4.40. The first kappa shape index (κ1) is 19.0. The van der Waals surface area contributed by atoms with Crippen LogP contribution in [0, 0.1) is 11.7 Å². The number of amides is 1. The maximum absolute atomic E-state index is 14.4. The molecule has 2 aromatic rings. The predicted molar refractivity (Wildman–Crippen MR) is 106 cm³/mol. The Morgan fingerprint density at radius 3 is 2.41 bits per heavy atom. The lowest BCUT2D eigenvalue weighted by atomic mass is 10.0. The number of carbonyl (C=O) groups excluding carboxylic acids is 1. The first-order valence-electron chi connectivity index (χ1n) is 9.08. The average molecular weight is 371 g/mol. The summed E-state index contributed by atoms with van der Waals surface area (Å²) in [4.78, 5) is 13.6. The van der Waals surface area contributed by atoms with Crippen LogP contribution >= 0.6 is 0 Å². The summed E-state index contributed by atoms with van der Waals surface area (Å²) < 4.78 is 19.7. The van der Waals surface area contributed by atoms with E-state index in [-0.39, 0.29) is 17.8 Å². The molecule has 1 fully saturated rings. The van der Waals surface area contributed by atoms with Crippen LogP contribution in [0.25, 0.3) is 11.1 Å². The maximum atomic E-state index is 14.4. The van der Waals surface area contributed by atoms with E-state index in [4.69, 9.17) is 10.5 Å². The molecule has 0 unspecified atom stereocenters. The quantitative estimate of drug-likeness (QED) is 0.784. The van der Waals surface area contributed by atoms with Crippen molar-refractivity contribution in [3.63, 3.8) is 0 Å². The van der Waals surface area contributed by atoms with Crippen molar-refractivity contribution in [1.82, 2.24) is 4.90 Å². The molecule has 0 atom stereocenters. The lowest BCUT2D eigenvalue weighted by Gasteiger charge is -2.40. The number of ether oxygens (including phenoxy) is 1. The van der Waals surface area contributed by atoms with Crippen LogP contribution in [-0.4, -0.2) is 36.2 Å². The van der Waals surface area contributed by atoms with Gasteiger partial charge in [0.2, 0.25) is 0 Å². The van der Waals surface area contributed by atoms with Crippen LogP contribution in [-0.2, 0) is 4.74 Å². The van der Waals surface area contributed by atoms with E-state index in [9.17, 15) is 9.18 Å². The molecule has 1 aliphatic rings. The SMILES string of the molecule is CC(C)(C)OC(=O)N1CC(CNc2ccc(-c3ccc(N)cc3)cc2F)C1. The molecule has 1 heterocycles. The van der Waals surface area contributed by atoms with E-state index in [2.05, 4.69) is 5.32 Å². The monoisotopic (exact) mass is 371 g/mol. The Labute approximate surface area is 159 Å². The summed E-state index contributed by atoms with van der Waals surface area (Å²) >= 11 is 0. The number of hydrogen-bond donors (Lipinski definition) is 2. The summed E-state index contributed by atoms with van der Waals surface area (Å²) in [6, 6.07) is 12.5. The number of anilines is 2. The number of nitrogens with one attached hydrogen (secondary N) is 1. The van der Waals surface area contributed by atoms with E-state index in [0.29, 0.717) is 31.0 Å². The Bertz CT molecular complexity index is 809. The summed E-state index contributed by atoms with van der Waals surface area (Å²) in [5, 5.41) is 3.14. The lowest BCUT2D eigenvalue weighted by molar-refractivity contribution is 0.000835. The fourth-order valence-electron chi connectivity index (χ4n) is 2.94. The first-order chi connectivity index (χ1) is 12.7. The van der Waals surface area contributed by atoms with Crippen LogP contribution in [0.1, 0.15) is 20.8 Å². The van der Waals surface area contributed by atoms with Crippen molar-refractivity contribution in [2.24, 2.45) is 5.92 Å². The van der Waals surface area contributed by atoms with Crippen LogP contribution < -0.4 is 11.1 Å². The highest BCUT2D eigenvalue weighted by molar-refractivity contribution is 5.69. The number of nitrogens with two attached hydrogens (primary N) is 1. The molecule has 0 spiro atoms. The van der Waals surface area contributed by atoms with Gasteiger partial charge in [0, 0.05) is 31.2 Å². The molecule has 2 aromatic carbocycles. The Hall–Kier alpha value is -2.76. The first-order valence-corrected chi connectivity index (χ1v) is 9.08. The molecule has 1 saturated heterocycles. The average Bonchev–Trinajstić information content (AvgIpc) is 2.53. The maximum Gasteiger partial charge on any atom is 0.410 e. The van der Waals surface area contributed by atoms with Gasteiger partial charge in [-0.1, -0.05) is 18.2 Å².